The molecule has 0 heterocycles. The highest BCUT2D eigenvalue weighted by atomic mass is 35.5. The van der Waals surface area contributed by atoms with Gasteiger partial charge in [-0.25, -0.2) is 0 Å². The van der Waals surface area contributed by atoms with Crippen molar-refractivity contribution >= 4 is 17.7 Å². The number of unbranched alkanes of at least 4 members (excludes halogenated alkanes) is 4. The van der Waals surface area contributed by atoms with Crippen LogP contribution in [0.4, 0.5) is 0 Å². The van der Waals surface area contributed by atoms with Gasteiger partial charge < -0.3 is 0 Å². The van der Waals surface area contributed by atoms with Crippen molar-refractivity contribution in [2.75, 3.05) is 0 Å². The lowest BCUT2D eigenvalue weighted by atomic mass is 10.1. The second-order valence-corrected chi connectivity index (χ2v) is 4.18. The molecule has 0 radical (unpaired) electrons. The summed E-state index contributed by atoms with van der Waals surface area (Å²) < 4.78 is 0. The monoisotopic (exact) mass is 222 g/mol. The molecular formula is C14H19Cl. The topological polar surface area (TPSA) is 0 Å². The van der Waals surface area contributed by atoms with Crippen molar-refractivity contribution in [2.45, 2.75) is 39.0 Å². The fraction of sp³-hybridized carbons (Fsp3) is 0.429. The van der Waals surface area contributed by atoms with E-state index in [-0.39, 0.29) is 0 Å². The summed E-state index contributed by atoms with van der Waals surface area (Å²) in [5, 5.41) is 0.835. The summed E-state index contributed by atoms with van der Waals surface area (Å²) in [5.41, 5.74) is 1.12. The second-order valence-electron chi connectivity index (χ2n) is 3.77. The van der Waals surface area contributed by atoms with Crippen LogP contribution in [0.3, 0.4) is 0 Å². The second kappa shape index (κ2) is 7.53. The molecule has 0 amide bonds. The first-order valence-electron chi connectivity index (χ1n) is 5.75. The van der Waals surface area contributed by atoms with Crippen LogP contribution in [0.2, 0.25) is 5.02 Å². The molecule has 1 rings (SSSR count). The smallest absolute Gasteiger partial charge is 0.0478 e. The van der Waals surface area contributed by atoms with Gasteiger partial charge in [-0.15, -0.1) is 0 Å². The van der Waals surface area contributed by atoms with Gasteiger partial charge in [-0.1, -0.05) is 68.1 Å². The lowest BCUT2D eigenvalue weighted by Crippen LogP contribution is -1.75. The normalized spacial score (nSPS) is 11.1. The summed E-state index contributed by atoms with van der Waals surface area (Å²) in [4.78, 5) is 0. The predicted molar refractivity (Wildman–Crippen MR) is 69.2 cm³/mol. The van der Waals surface area contributed by atoms with Crippen LogP contribution < -0.4 is 0 Å². The van der Waals surface area contributed by atoms with E-state index in [1.54, 1.807) is 0 Å². The van der Waals surface area contributed by atoms with Crippen molar-refractivity contribution in [3.05, 3.63) is 40.9 Å². The van der Waals surface area contributed by atoms with Crippen molar-refractivity contribution in [1.82, 2.24) is 0 Å². The van der Waals surface area contributed by atoms with Gasteiger partial charge in [-0.3, -0.25) is 0 Å². The van der Waals surface area contributed by atoms with Crippen molar-refractivity contribution in [3.8, 4) is 0 Å². The molecule has 0 N–H and O–H groups in total. The van der Waals surface area contributed by atoms with Crippen LogP contribution in [0.25, 0.3) is 6.08 Å². The molecule has 0 aromatic heterocycles. The number of halogens is 1. The molecule has 1 heteroatoms. The van der Waals surface area contributed by atoms with Crippen LogP contribution in [-0.4, -0.2) is 0 Å². The average molecular weight is 223 g/mol. The Morgan fingerprint density at radius 2 is 1.93 bits per heavy atom. The van der Waals surface area contributed by atoms with Crippen LogP contribution in [-0.2, 0) is 0 Å². The van der Waals surface area contributed by atoms with Gasteiger partial charge in [0.1, 0.15) is 0 Å². The Labute approximate surface area is 98.0 Å². The maximum atomic E-state index is 6.04. The Balaban J connectivity index is 2.29. The molecule has 15 heavy (non-hydrogen) atoms. The minimum Gasteiger partial charge on any atom is -0.0839 e. The first-order valence-corrected chi connectivity index (χ1v) is 6.13. The number of benzene rings is 1. The van der Waals surface area contributed by atoms with Gasteiger partial charge in [-0.05, 0) is 24.5 Å². The lowest BCUT2D eigenvalue weighted by molar-refractivity contribution is 0.675. The molecule has 82 valence electrons. The molecule has 1 aromatic carbocycles. The highest BCUT2D eigenvalue weighted by molar-refractivity contribution is 6.32. The molecule has 0 atom stereocenters. The lowest BCUT2D eigenvalue weighted by Gasteiger charge is -1.97. The highest BCUT2D eigenvalue weighted by Gasteiger charge is 1.92. The summed E-state index contributed by atoms with van der Waals surface area (Å²) in [7, 11) is 0. The van der Waals surface area contributed by atoms with Gasteiger partial charge in [0, 0.05) is 5.02 Å². The van der Waals surface area contributed by atoms with Crippen LogP contribution in [0.15, 0.2) is 30.3 Å². The van der Waals surface area contributed by atoms with Crippen LogP contribution in [0, 0.1) is 0 Å². The Hall–Kier alpha value is -0.750. The van der Waals surface area contributed by atoms with Crippen LogP contribution >= 0.6 is 11.6 Å². The SMILES string of the molecule is CCCCCC/C=C/c1ccccc1Cl. The Morgan fingerprint density at radius 1 is 1.13 bits per heavy atom. The molecule has 0 bridgehead atoms. The zero-order valence-electron chi connectivity index (χ0n) is 9.38. The quantitative estimate of drug-likeness (QED) is 0.572. The van der Waals surface area contributed by atoms with Crippen molar-refractivity contribution in [2.24, 2.45) is 0 Å². The van der Waals surface area contributed by atoms with E-state index in [0.29, 0.717) is 0 Å². The van der Waals surface area contributed by atoms with Crippen molar-refractivity contribution in [3.63, 3.8) is 0 Å². The largest absolute Gasteiger partial charge is 0.0839 e. The average Bonchev–Trinajstić information content (AvgIpc) is 2.25. The number of hydrogen-bond donors (Lipinski definition) is 0. The van der Waals surface area contributed by atoms with Gasteiger partial charge in [0.25, 0.3) is 0 Å². The molecule has 0 fully saturated rings. The van der Waals surface area contributed by atoms with E-state index < -0.39 is 0 Å². The molecule has 0 unspecified atom stereocenters. The molecule has 0 saturated heterocycles. The van der Waals surface area contributed by atoms with E-state index >= 15 is 0 Å². The molecule has 0 nitrogen and oxygen atoms in total. The minimum absolute atomic E-state index is 0.835. The third kappa shape index (κ3) is 5.03. The molecule has 0 spiro atoms. The van der Waals surface area contributed by atoms with E-state index in [4.69, 9.17) is 11.6 Å². The van der Waals surface area contributed by atoms with Crippen LogP contribution in [0.1, 0.15) is 44.6 Å². The summed E-state index contributed by atoms with van der Waals surface area (Å²) in [6, 6.07) is 7.95. The first kappa shape index (κ1) is 12.3. The van der Waals surface area contributed by atoms with Gasteiger partial charge in [0.2, 0.25) is 0 Å². The molecule has 0 aliphatic carbocycles. The van der Waals surface area contributed by atoms with Crippen molar-refractivity contribution < 1.29 is 0 Å². The van der Waals surface area contributed by atoms with Crippen molar-refractivity contribution in [1.29, 1.82) is 0 Å². The molecule has 0 aliphatic rings. The van der Waals surface area contributed by atoms with Crippen LogP contribution in [0.5, 0.6) is 0 Å². The van der Waals surface area contributed by atoms with E-state index in [1.807, 2.05) is 24.3 Å². The standard InChI is InChI=1S/C14H19Cl/c1-2-3-4-5-6-7-10-13-11-8-9-12-14(13)15/h7-12H,2-6H2,1H3/b10-7+. The number of rotatable bonds is 6. The van der Waals surface area contributed by atoms with E-state index in [0.717, 1.165) is 17.0 Å². The third-order valence-electron chi connectivity index (χ3n) is 2.43. The minimum atomic E-state index is 0.835. The molecule has 1 aromatic rings. The number of allylic oxidation sites excluding steroid dienone is 1. The van der Waals surface area contributed by atoms with Gasteiger partial charge in [-0.2, -0.15) is 0 Å². The van der Waals surface area contributed by atoms with E-state index in [2.05, 4.69) is 19.1 Å². The molecule has 0 aliphatic heterocycles. The number of hydrogen-bond acceptors (Lipinski definition) is 0. The zero-order chi connectivity index (χ0) is 10.9. The Kier molecular flexibility index (Phi) is 6.18. The summed E-state index contributed by atoms with van der Waals surface area (Å²) in [5.74, 6) is 0. The van der Waals surface area contributed by atoms with E-state index in [1.165, 1.54) is 25.7 Å². The summed E-state index contributed by atoms with van der Waals surface area (Å²) in [6.45, 7) is 2.24. The van der Waals surface area contributed by atoms with E-state index in [9.17, 15) is 0 Å². The zero-order valence-corrected chi connectivity index (χ0v) is 10.1. The molecule has 0 saturated carbocycles. The van der Waals surface area contributed by atoms with Gasteiger partial charge >= 0.3 is 0 Å². The fourth-order valence-electron chi connectivity index (χ4n) is 1.51. The summed E-state index contributed by atoms with van der Waals surface area (Å²) >= 11 is 6.04. The maximum Gasteiger partial charge on any atom is 0.0478 e. The predicted octanol–water partition coefficient (Wildman–Crippen LogP) is 5.32. The molecular weight excluding hydrogens is 204 g/mol. The van der Waals surface area contributed by atoms with Gasteiger partial charge in [0.05, 0.1) is 0 Å². The maximum absolute atomic E-state index is 6.04. The summed E-state index contributed by atoms with van der Waals surface area (Å²) in [6.07, 6.45) is 10.8. The first-order chi connectivity index (χ1) is 7.34. The third-order valence-corrected chi connectivity index (χ3v) is 2.77. The Morgan fingerprint density at radius 3 is 2.67 bits per heavy atom. The highest BCUT2D eigenvalue weighted by Crippen LogP contribution is 2.16. The van der Waals surface area contributed by atoms with Gasteiger partial charge in [0.15, 0.2) is 0 Å². The Bertz CT molecular complexity index is 302. The fourth-order valence-corrected chi connectivity index (χ4v) is 1.71.